The third-order valence-corrected chi connectivity index (χ3v) is 3.57. The van der Waals surface area contributed by atoms with Crippen molar-refractivity contribution in [2.75, 3.05) is 4.90 Å². The summed E-state index contributed by atoms with van der Waals surface area (Å²) in [6, 6.07) is 16.2. The Morgan fingerprint density at radius 3 is 2.26 bits per heavy atom. The van der Waals surface area contributed by atoms with Crippen LogP contribution in [0.25, 0.3) is 0 Å². The first-order valence-electron chi connectivity index (χ1n) is 6.00. The molecule has 1 fully saturated rings. The number of hydrogen-bond donors (Lipinski definition) is 1. The summed E-state index contributed by atoms with van der Waals surface area (Å²) in [6.07, 6.45) is -0.985. The van der Waals surface area contributed by atoms with Gasteiger partial charge in [-0.1, -0.05) is 41.9 Å². The first kappa shape index (κ1) is 12.2. The highest BCUT2D eigenvalue weighted by molar-refractivity contribution is 6.30. The van der Waals surface area contributed by atoms with Gasteiger partial charge in [-0.05, 0) is 29.8 Å². The average molecular weight is 274 g/mol. The maximum absolute atomic E-state index is 11.9. The SMILES string of the molecule is O=C1[C@@H](O)[C@H](c2ccc(Cl)cc2)N1c1ccccc1. The Morgan fingerprint density at radius 1 is 1.00 bits per heavy atom. The monoisotopic (exact) mass is 273 g/mol. The molecule has 1 amide bonds. The third-order valence-electron chi connectivity index (χ3n) is 3.31. The van der Waals surface area contributed by atoms with E-state index in [2.05, 4.69) is 0 Å². The maximum atomic E-state index is 11.9. The van der Waals surface area contributed by atoms with E-state index in [0.29, 0.717) is 5.02 Å². The maximum Gasteiger partial charge on any atom is 0.259 e. The van der Waals surface area contributed by atoms with E-state index in [4.69, 9.17) is 11.6 Å². The Kier molecular flexibility index (Phi) is 3.01. The van der Waals surface area contributed by atoms with Crippen molar-refractivity contribution < 1.29 is 9.90 Å². The van der Waals surface area contributed by atoms with Crippen LogP contribution in [0.15, 0.2) is 54.6 Å². The van der Waals surface area contributed by atoms with Crippen LogP contribution in [0.3, 0.4) is 0 Å². The molecule has 0 aliphatic carbocycles. The number of carbonyl (C=O) groups excluding carboxylic acids is 1. The zero-order valence-electron chi connectivity index (χ0n) is 10.0. The van der Waals surface area contributed by atoms with Gasteiger partial charge in [-0.3, -0.25) is 9.69 Å². The highest BCUT2D eigenvalue weighted by Gasteiger charge is 2.47. The van der Waals surface area contributed by atoms with Gasteiger partial charge < -0.3 is 5.11 Å². The van der Waals surface area contributed by atoms with Crippen LogP contribution in [0.2, 0.25) is 5.02 Å². The number of carbonyl (C=O) groups is 1. The summed E-state index contributed by atoms with van der Waals surface area (Å²) < 4.78 is 0. The topological polar surface area (TPSA) is 40.5 Å². The minimum absolute atomic E-state index is 0.272. The van der Waals surface area contributed by atoms with E-state index in [0.717, 1.165) is 11.3 Å². The van der Waals surface area contributed by atoms with Gasteiger partial charge >= 0.3 is 0 Å². The largest absolute Gasteiger partial charge is 0.381 e. The number of amides is 1. The minimum Gasteiger partial charge on any atom is -0.381 e. The van der Waals surface area contributed by atoms with Crippen molar-refractivity contribution in [3.8, 4) is 0 Å². The Bertz CT molecular complexity index is 597. The van der Waals surface area contributed by atoms with Crippen LogP contribution < -0.4 is 4.90 Å². The summed E-state index contributed by atoms with van der Waals surface area (Å²) in [4.78, 5) is 13.5. The van der Waals surface area contributed by atoms with Gasteiger partial charge in [-0.25, -0.2) is 0 Å². The quantitative estimate of drug-likeness (QED) is 0.855. The second kappa shape index (κ2) is 4.68. The van der Waals surface area contributed by atoms with Crippen molar-refractivity contribution in [2.24, 2.45) is 0 Å². The van der Waals surface area contributed by atoms with Gasteiger partial charge in [0.15, 0.2) is 6.10 Å². The molecule has 2 aromatic rings. The van der Waals surface area contributed by atoms with Gasteiger partial charge in [0.05, 0.1) is 6.04 Å². The zero-order chi connectivity index (χ0) is 13.4. The van der Waals surface area contributed by atoms with Gasteiger partial charge in [0.2, 0.25) is 0 Å². The van der Waals surface area contributed by atoms with Crippen LogP contribution in [0, 0.1) is 0 Å². The molecular weight excluding hydrogens is 262 g/mol. The van der Waals surface area contributed by atoms with E-state index >= 15 is 0 Å². The Morgan fingerprint density at radius 2 is 1.63 bits per heavy atom. The van der Waals surface area contributed by atoms with Crippen molar-refractivity contribution in [2.45, 2.75) is 12.1 Å². The fourth-order valence-electron chi connectivity index (χ4n) is 2.34. The molecule has 1 aliphatic rings. The number of para-hydroxylation sites is 1. The van der Waals surface area contributed by atoms with Crippen molar-refractivity contribution in [3.63, 3.8) is 0 Å². The van der Waals surface area contributed by atoms with E-state index in [1.807, 2.05) is 42.5 Å². The van der Waals surface area contributed by atoms with Crippen LogP contribution in [0.1, 0.15) is 11.6 Å². The number of aliphatic hydroxyl groups is 1. The van der Waals surface area contributed by atoms with Gasteiger partial charge in [-0.2, -0.15) is 0 Å². The first-order chi connectivity index (χ1) is 9.18. The number of nitrogens with zero attached hydrogens (tertiary/aromatic N) is 1. The normalized spacial score (nSPS) is 22.2. The summed E-state index contributed by atoms with van der Waals surface area (Å²) in [6.45, 7) is 0. The predicted octanol–water partition coefficient (Wildman–Crippen LogP) is 2.79. The van der Waals surface area contributed by atoms with E-state index in [1.165, 1.54) is 0 Å². The molecule has 2 aromatic carbocycles. The highest BCUT2D eigenvalue weighted by Crippen LogP contribution is 2.39. The molecule has 19 heavy (non-hydrogen) atoms. The average Bonchev–Trinajstić information content (AvgIpc) is 2.46. The van der Waals surface area contributed by atoms with Crippen molar-refractivity contribution >= 4 is 23.2 Å². The molecule has 0 radical (unpaired) electrons. The summed E-state index contributed by atoms with van der Waals surface area (Å²) in [5, 5.41) is 10.5. The molecule has 3 rings (SSSR count). The summed E-state index contributed by atoms with van der Waals surface area (Å²) in [5.74, 6) is -0.272. The Hall–Kier alpha value is -1.84. The number of halogens is 1. The summed E-state index contributed by atoms with van der Waals surface area (Å²) >= 11 is 5.85. The molecule has 1 N–H and O–H groups in total. The number of aliphatic hydroxyl groups excluding tert-OH is 1. The number of hydrogen-bond acceptors (Lipinski definition) is 2. The lowest BCUT2D eigenvalue weighted by molar-refractivity contribution is -0.137. The van der Waals surface area contributed by atoms with Gasteiger partial charge in [0.25, 0.3) is 5.91 Å². The smallest absolute Gasteiger partial charge is 0.259 e. The molecule has 1 saturated heterocycles. The molecule has 3 nitrogen and oxygen atoms in total. The fourth-order valence-corrected chi connectivity index (χ4v) is 2.47. The van der Waals surface area contributed by atoms with Crippen LogP contribution >= 0.6 is 11.6 Å². The van der Waals surface area contributed by atoms with Crippen molar-refractivity contribution in [1.82, 2.24) is 0 Å². The van der Waals surface area contributed by atoms with Gasteiger partial charge in [0.1, 0.15) is 0 Å². The number of β-lactam (4-membered cyclic amide) rings is 1. The number of benzene rings is 2. The van der Waals surface area contributed by atoms with E-state index in [9.17, 15) is 9.90 Å². The van der Waals surface area contributed by atoms with E-state index in [-0.39, 0.29) is 11.9 Å². The van der Waals surface area contributed by atoms with Gasteiger partial charge in [-0.15, -0.1) is 0 Å². The molecule has 96 valence electrons. The van der Waals surface area contributed by atoms with Crippen LogP contribution in [-0.2, 0) is 4.79 Å². The Labute approximate surface area is 116 Å². The minimum atomic E-state index is -0.985. The number of rotatable bonds is 2. The molecule has 0 unspecified atom stereocenters. The molecule has 1 aliphatic heterocycles. The molecular formula is C15H12ClNO2. The predicted molar refractivity (Wildman–Crippen MR) is 74.1 cm³/mol. The molecule has 0 bridgehead atoms. The molecule has 0 aromatic heterocycles. The fraction of sp³-hybridized carbons (Fsp3) is 0.133. The van der Waals surface area contributed by atoms with E-state index < -0.39 is 6.10 Å². The first-order valence-corrected chi connectivity index (χ1v) is 6.38. The lowest BCUT2D eigenvalue weighted by Gasteiger charge is -2.44. The molecule has 2 atom stereocenters. The second-order valence-corrected chi connectivity index (χ2v) is 4.92. The third kappa shape index (κ3) is 2.01. The summed E-state index contributed by atoms with van der Waals surface area (Å²) in [5.41, 5.74) is 1.66. The van der Waals surface area contributed by atoms with Gasteiger partial charge in [0, 0.05) is 10.7 Å². The number of anilines is 1. The molecule has 4 heteroatoms. The lowest BCUT2D eigenvalue weighted by Crippen LogP contribution is -2.59. The molecule has 0 saturated carbocycles. The second-order valence-electron chi connectivity index (χ2n) is 4.49. The van der Waals surface area contributed by atoms with Crippen LogP contribution in [-0.4, -0.2) is 17.1 Å². The highest BCUT2D eigenvalue weighted by atomic mass is 35.5. The standard InChI is InChI=1S/C15H12ClNO2/c16-11-8-6-10(7-9-11)13-14(18)15(19)17(13)12-4-2-1-3-5-12/h1-9,13-14,18H/t13-,14-/m0/s1. The molecule has 0 spiro atoms. The Balaban J connectivity index is 1.96. The van der Waals surface area contributed by atoms with E-state index in [1.54, 1.807) is 17.0 Å². The summed E-state index contributed by atoms with van der Waals surface area (Å²) in [7, 11) is 0. The van der Waals surface area contributed by atoms with Crippen LogP contribution in [0.5, 0.6) is 0 Å². The van der Waals surface area contributed by atoms with Crippen LogP contribution in [0.4, 0.5) is 5.69 Å². The zero-order valence-corrected chi connectivity index (χ0v) is 10.8. The lowest BCUT2D eigenvalue weighted by atomic mass is 9.90. The molecule has 1 heterocycles. The van der Waals surface area contributed by atoms with Crippen molar-refractivity contribution in [1.29, 1.82) is 0 Å². The van der Waals surface area contributed by atoms with Crippen molar-refractivity contribution in [3.05, 3.63) is 65.2 Å².